The van der Waals surface area contributed by atoms with Crippen LogP contribution in [0.1, 0.15) is 18.0 Å². The molecule has 1 N–H and O–H groups in total. The maximum absolute atomic E-state index is 13.1. The van der Waals surface area contributed by atoms with E-state index in [1.165, 1.54) is 25.6 Å². The Bertz CT molecular complexity index is 766. The highest BCUT2D eigenvalue weighted by Gasteiger charge is 2.34. The van der Waals surface area contributed by atoms with Crippen molar-refractivity contribution < 1.29 is 13.9 Å². The van der Waals surface area contributed by atoms with Gasteiger partial charge in [0.25, 0.3) is 0 Å². The van der Waals surface area contributed by atoms with Crippen molar-refractivity contribution in [1.29, 1.82) is 0 Å². The number of halogens is 1. The monoisotopic (exact) mass is 345 g/mol. The number of urea groups is 1. The van der Waals surface area contributed by atoms with Crippen LogP contribution in [0.5, 0.6) is 5.88 Å². The van der Waals surface area contributed by atoms with Crippen LogP contribution < -0.4 is 15.0 Å². The van der Waals surface area contributed by atoms with Crippen LogP contribution in [0.2, 0.25) is 0 Å². The Balaban J connectivity index is 1.80. The number of amides is 2. The van der Waals surface area contributed by atoms with E-state index in [0.717, 1.165) is 12.0 Å². The number of nitrogens with one attached hydrogen (secondary N) is 1. The standard InChI is InChI=1S/C17H20FN5O2/c1-22(2)15-14(16(25-3)20-10-19-15)21-17(24)23-9-8-13(23)11-4-6-12(18)7-5-11/h4-7,10,13H,8-9H2,1-3H3,(H,21,24). The first-order valence-electron chi connectivity index (χ1n) is 7.90. The Kier molecular flexibility index (Phi) is 4.69. The number of ether oxygens (including phenoxy) is 1. The van der Waals surface area contributed by atoms with E-state index in [1.807, 2.05) is 14.1 Å². The molecule has 7 nitrogen and oxygen atoms in total. The molecule has 1 aromatic carbocycles. The van der Waals surface area contributed by atoms with Gasteiger partial charge in [-0.2, -0.15) is 4.98 Å². The summed E-state index contributed by atoms with van der Waals surface area (Å²) in [5, 5.41) is 2.85. The van der Waals surface area contributed by atoms with Gasteiger partial charge in [0, 0.05) is 20.6 Å². The van der Waals surface area contributed by atoms with Crippen molar-refractivity contribution in [2.24, 2.45) is 0 Å². The Labute approximate surface area is 145 Å². The number of rotatable bonds is 4. The lowest BCUT2D eigenvalue weighted by atomic mass is 9.95. The molecule has 0 bridgehead atoms. The molecule has 1 atom stereocenters. The predicted octanol–water partition coefficient (Wildman–Crippen LogP) is 2.67. The number of hydrogen-bond acceptors (Lipinski definition) is 5. The van der Waals surface area contributed by atoms with Crippen LogP contribution in [-0.2, 0) is 0 Å². The van der Waals surface area contributed by atoms with E-state index in [0.29, 0.717) is 23.9 Å². The van der Waals surface area contributed by atoms with E-state index in [-0.39, 0.29) is 17.9 Å². The first-order chi connectivity index (χ1) is 12.0. The van der Waals surface area contributed by atoms with Crippen LogP contribution in [0.15, 0.2) is 30.6 Å². The van der Waals surface area contributed by atoms with Gasteiger partial charge in [-0.15, -0.1) is 0 Å². The quantitative estimate of drug-likeness (QED) is 0.922. The molecule has 25 heavy (non-hydrogen) atoms. The molecule has 1 saturated heterocycles. The van der Waals surface area contributed by atoms with Crippen LogP contribution in [-0.4, -0.2) is 48.6 Å². The highest BCUT2D eigenvalue weighted by molar-refractivity contribution is 5.94. The highest BCUT2D eigenvalue weighted by atomic mass is 19.1. The van der Waals surface area contributed by atoms with Gasteiger partial charge >= 0.3 is 6.03 Å². The molecule has 3 rings (SSSR count). The van der Waals surface area contributed by atoms with E-state index in [9.17, 15) is 9.18 Å². The third-order valence-electron chi connectivity index (χ3n) is 4.18. The molecule has 2 amide bonds. The maximum atomic E-state index is 13.1. The third kappa shape index (κ3) is 3.33. The predicted molar refractivity (Wildman–Crippen MR) is 92.4 cm³/mol. The molecule has 0 saturated carbocycles. The molecule has 1 fully saturated rings. The van der Waals surface area contributed by atoms with Gasteiger partial charge in [0.2, 0.25) is 5.88 Å². The van der Waals surface area contributed by atoms with Crippen LogP contribution in [0.3, 0.4) is 0 Å². The zero-order valence-electron chi connectivity index (χ0n) is 14.4. The number of anilines is 2. The lowest BCUT2D eigenvalue weighted by Gasteiger charge is -2.41. The SMILES string of the molecule is COc1ncnc(N(C)C)c1NC(=O)N1CCC1c1ccc(F)cc1. The number of nitrogens with zero attached hydrogens (tertiary/aromatic N) is 4. The molecule has 132 valence electrons. The minimum Gasteiger partial charge on any atom is -0.479 e. The topological polar surface area (TPSA) is 70.6 Å². The second-order valence-corrected chi connectivity index (χ2v) is 5.96. The molecular weight excluding hydrogens is 325 g/mol. The van der Waals surface area contributed by atoms with Gasteiger partial charge in [-0.05, 0) is 24.1 Å². The molecule has 2 heterocycles. The normalized spacial score (nSPS) is 16.2. The summed E-state index contributed by atoms with van der Waals surface area (Å²) < 4.78 is 18.3. The summed E-state index contributed by atoms with van der Waals surface area (Å²) in [7, 11) is 5.13. The minimum atomic E-state index is -0.291. The molecule has 1 aromatic heterocycles. The third-order valence-corrected chi connectivity index (χ3v) is 4.18. The Morgan fingerprint density at radius 2 is 2.04 bits per heavy atom. The number of likely N-dealkylation sites (tertiary alicyclic amines) is 1. The number of hydrogen-bond donors (Lipinski definition) is 1. The van der Waals surface area contributed by atoms with E-state index in [2.05, 4.69) is 15.3 Å². The molecule has 2 aromatic rings. The molecule has 0 aliphatic carbocycles. The van der Waals surface area contributed by atoms with E-state index in [1.54, 1.807) is 21.9 Å². The van der Waals surface area contributed by atoms with Gasteiger partial charge < -0.3 is 14.5 Å². The number of carbonyl (C=O) groups is 1. The number of benzene rings is 1. The number of methoxy groups -OCH3 is 1. The summed E-state index contributed by atoms with van der Waals surface area (Å²) >= 11 is 0. The Morgan fingerprint density at radius 1 is 1.32 bits per heavy atom. The van der Waals surface area contributed by atoms with Gasteiger partial charge in [0.15, 0.2) is 5.82 Å². The van der Waals surface area contributed by atoms with Crippen LogP contribution in [0, 0.1) is 5.82 Å². The average molecular weight is 345 g/mol. The second-order valence-electron chi connectivity index (χ2n) is 5.96. The molecule has 1 aliphatic rings. The summed E-state index contributed by atoms with van der Waals surface area (Å²) in [5.74, 6) is 0.561. The summed E-state index contributed by atoms with van der Waals surface area (Å²) in [5.41, 5.74) is 1.33. The molecule has 1 unspecified atom stereocenters. The van der Waals surface area contributed by atoms with Gasteiger partial charge in [-0.3, -0.25) is 5.32 Å². The van der Waals surface area contributed by atoms with E-state index >= 15 is 0 Å². The van der Waals surface area contributed by atoms with Gasteiger partial charge in [0.1, 0.15) is 17.8 Å². The maximum Gasteiger partial charge on any atom is 0.322 e. The molecule has 0 spiro atoms. The van der Waals surface area contributed by atoms with Gasteiger partial charge in [-0.1, -0.05) is 12.1 Å². The summed E-state index contributed by atoms with van der Waals surface area (Å²) in [4.78, 5) is 24.4. The number of aromatic nitrogens is 2. The summed E-state index contributed by atoms with van der Waals surface area (Å²) in [6.45, 7) is 0.626. The fraction of sp³-hybridized carbons (Fsp3) is 0.353. The largest absolute Gasteiger partial charge is 0.479 e. The van der Waals surface area contributed by atoms with Crippen molar-refractivity contribution in [3.05, 3.63) is 42.0 Å². The summed E-state index contributed by atoms with van der Waals surface area (Å²) in [6, 6.07) is 5.88. The van der Waals surface area contributed by atoms with Crippen molar-refractivity contribution in [1.82, 2.24) is 14.9 Å². The molecular formula is C17H20FN5O2. The fourth-order valence-corrected chi connectivity index (χ4v) is 2.80. The zero-order valence-corrected chi connectivity index (χ0v) is 14.4. The molecule has 0 radical (unpaired) electrons. The second kappa shape index (κ2) is 6.92. The first-order valence-corrected chi connectivity index (χ1v) is 7.90. The highest BCUT2D eigenvalue weighted by Crippen LogP contribution is 2.36. The zero-order chi connectivity index (χ0) is 18.0. The minimum absolute atomic E-state index is 0.0703. The van der Waals surface area contributed by atoms with Crippen molar-refractivity contribution in [3.8, 4) is 5.88 Å². The molecule has 1 aliphatic heterocycles. The van der Waals surface area contributed by atoms with E-state index < -0.39 is 0 Å². The Hall–Kier alpha value is -2.90. The van der Waals surface area contributed by atoms with Gasteiger partial charge in [-0.25, -0.2) is 14.2 Å². The van der Waals surface area contributed by atoms with Crippen molar-refractivity contribution in [2.45, 2.75) is 12.5 Å². The van der Waals surface area contributed by atoms with Crippen molar-refractivity contribution in [3.63, 3.8) is 0 Å². The van der Waals surface area contributed by atoms with Crippen LogP contribution in [0.4, 0.5) is 20.7 Å². The summed E-state index contributed by atoms with van der Waals surface area (Å²) in [6.07, 6.45) is 2.22. The first kappa shape index (κ1) is 16.9. The van der Waals surface area contributed by atoms with Crippen molar-refractivity contribution >= 4 is 17.5 Å². The lowest BCUT2D eigenvalue weighted by molar-refractivity contribution is 0.126. The van der Waals surface area contributed by atoms with Gasteiger partial charge in [0.05, 0.1) is 13.2 Å². The van der Waals surface area contributed by atoms with E-state index in [4.69, 9.17) is 4.74 Å². The van der Waals surface area contributed by atoms with Crippen LogP contribution in [0.25, 0.3) is 0 Å². The molecule has 8 heteroatoms. The smallest absolute Gasteiger partial charge is 0.322 e. The van der Waals surface area contributed by atoms with Crippen molar-refractivity contribution in [2.75, 3.05) is 38.0 Å². The fourth-order valence-electron chi connectivity index (χ4n) is 2.80. The number of carbonyl (C=O) groups excluding carboxylic acids is 1. The lowest BCUT2D eigenvalue weighted by Crippen LogP contribution is -2.47. The Morgan fingerprint density at radius 3 is 2.60 bits per heavy atom. The average Bonchev–Trinajstić information content (AvgIpc) is 2.55. The van der Waals surface area contributed by atoms with Crippen LogP contribution >= 0.6 is 0 Å².